The van der Waals surface area contributed by atoms with Crippen LogP contribution >= 0.6 is 61.7 Å². The molecule has 0 bridgehead atoms. The third-order valence-electron chi connectivity index (χ3n) is 5.31. The molecule has 3 aromatic carbocycles. The molecule has 0 unspecified atom stereocenters. The van der Waals surface area contributed by atoms with Crippen LogP contribution in [0.5, 0.6) is 5.75 Å². The van der Waals surface area contributed by atoms with Gasteiger partial charge in [0.05, 0.1) is 20.7 Å². The Bertz CT molecular complexity index is 1470. The first-order chi connectivity index (χ1) is 16.9. The van der Waals surface area contributed by atoms with Crippen LogP contribution in [0.25, 0.3) is 10.9 Å². The lowest BCUT2D eigenvalue weighted by atomic mass is 10.2. The van der Waals surface area contributed by atoms with Gasteiger partial charge in [-0.05, 0) is 83.1 Å². The molecule has 9 heteroatoms. The number of aromatic nitrogens is 2. The van der Waals surface area contributed by atoms with Gasteiger partial charge in [-0.3, -0.25) is 4.79 Å². The molecule has 0 spiro atoms. The molecule has 0 aliphatic rings. The quantitative estimate of drug-likeness (QED) is 0.140. The highest BCUT2D eigenvalue weighted by molar-refractivity contribution is 14.1. The lowest BCUT2D eigenvalue weighted by Crippen LogP contribution is -2.22. The van der Waals surface area contributed by atoms with Gasteiger partial charge in [0, 0.05) is 26.5 Å². The van der Waals surface area contributed by atoms with E-state index in [1.165, 1.54) is 4.68 Å². The van der Waals surface area contributed by atoms with Gasteiger partial charge in [-0.2, -0.15) is 9.78 Å². The topological polar surface area (TPSA) is 56.5 Å². The van der Waals surface area contributed by atoms with Crippen LogP contribution in [-0.4, -0.2) is 15.9 Å². The summed E-state index contributed by atoms with van der Waals surface area (Å²) in [6.07, 6.45) is 4.27. The largest absolute Gasteiger partial charge is 0.488 e. The van der Waals surface area contributed by atoms with Crippen LogP contribution in [-0.2, 0) is 13.0 Å². The van der Waals surface area contributed by atoms with Crippen molar-refractivity contribution in [1.82, 2.24) is 9.66 Å². The van der Waals surface area contributed by atoms with Gasteiger partial charge in [0.15, 0.2) is 0 Å². The fraction of sp³-hybridized carbons (Fsp3) is 0.192. The number of rotatable bonds is 8. The number of aryl methyl sites for hydroxylation is 1. The molecular formula is C26H21BrCl2IN3O2. The second-order valence-corrected chi connectivity index (χ2v) is 10.8. The zero-order chi connectivity index (χ0) is 24.9. The van der Waals surface area contributed by atoms with Gasteiger partial charge in [0.2, 0.25) is 0 Å². The maximum absolute atomic E-state index is 13.2. The van der Waals surface area contributed by atoms with Crippen LogP contribution < -0.4 is 10.3 Å². The van der Waals surface area contributed by atoms with Crippen molar-refractivity contribution >= 4 is 78.8 Å². The highest BCUT2D eigenvalue weighted by Crippen LogP contribution is 2.26. The first kappa shape index (κ1) is 26.1. The minimum absolute atomic E-state index is 0.187. The van der Waals surface area contributed by atoms with E-state index < -0.39 is 0 Å². The summed E-state index contributed by atoms with van der Waals surface area (Å²) in [4.78, 5) is 17.9. The van der Waals surface area contributed by atoms with Crippen molar-refractivity contribution in [2.75, 3.05) is 0 Å². The predicted octanol–water partition coefficient (Wildman–Crippen LogP) is 7.87. The van der Waals surface area contributed by atoms with Crippen molar-refractivity contribution in [2.45, 2.75) is 32.8 Å². The van der Waals surface area contributed by atoms with E-state index in [-0.39, 0.29) is 5.56 Å². The van der Waals surface area contributed by atoms with E-state index in [9.17, 15) is 4.79 Å². The number of hydrogen-bond donors (Lipinski definition) is 0. The molecule has 0 saturated heterocycles. The molecule has 1 aromatic heterocycles. The molecule has 0 aliphatic carbocycles. The Morgan fingerprint density at radius 3 is 2.71 bits per heavy atom. The average Bonchev–Trinajstić information content (AvgIpc) is 2.83. The molecule has 0 aliphatic heterocycles. The predicted molar refractivity (Wildman–Crippen MR) is 155 cm³/mol. The van der Waals surface area contributed by atoms with E-state index in [0.717, 1.165) is 37.8 Å². The van der Waals surface area contributed by atoms with Crippen molar-refractivity contribution in [1.29, 1.82) is 0 Å². The molecule has 0 saturated carbocycles. The van der Waals surface area contributed by atoms with Crippen molar-refractivity contribution in [2.24, 2.45) is 5.10 Å². The third-order valence-corrected chi connectivity index (χ3v) is 7.23. The molecule has 0 fully saturated rings. The molecule has 0 atom stereocenters. The fourth-order valence-corrected chi connectivity index (χ4v) is 4.96. The van der Waals surface area contributed by atoms with Gasteiger partial charge in [-0.1, -0.05) is 58.5 Å². The van der Waals surface area contributed by atoms with E-state index in [2.05, 4.69) is 50.5 Å². The molecular weight excluding hydrogens is 664 g/mol. The average molecular weight is 685 g/mol. The molecule has 4 aromatic rings. The standard InChI is InChI=1S/C26H21BrCl2IN3O2/c1-2-3-4-25-32-23-9-7-18(27)12-20(23)26(34)33(25)31-14-16-5-10-24(22(30)11-16)35-15-17-6-8-19(28)13-21(17)29/h5-14H,2-4,15H2,1H3. The second kappa shape index (κ2) is 11.9. The minimum Gasteiger partial charge on any atom is -0.488 e. The summed E-state index contributed by atoms with van der Waals surface area (Å²) in [5, 5.41) is 6.20. The summed E-state index contributed by atoms with van der Waals surface area (Å²) >= 11 is 17.9. The fourth-order valence-electron chi connectivity index (χ4n) is 3.44. The van der Waals surface area contributed by atoms with Crippen molar-refractivity contribution < 1.29 is 4.74 Å². The number of ether oxygens (including phenoxy) is 1. The number of halogens is 4. The maximum atomic E-state index is 13.2. The van der Waals surface area contributed by atoms with Gasteiger partial charge < -0.3 is 4.74 Å². The summed E-state index contributed by atoms with van der Waals surface area (Å²) in [6.45, 7) is 2.43. The van der Waals surface area contributed by atoms with Gasteiger partial charge >= 0.3 is 0 Å². The van der Waals surface area contributed by atoms with Crippen LogP contribution in [0.15, 0.2) is 69.0 Å². The smallest absolute Gasteiger partial charge is 0.282 e. The zero-order valence-corrected chi connectivity index (χ0v) is 24.0. The van der Waals surface area contributed by atoms with Crippen molar-refractivity contribution in [3.63, 3.8) is 0 Å². The lowest BCUT2D eigenvalue weighted by Gasteiger charge is -2.11. The molecule has 0 N–H and O–H groups in total. The molecule has 35 heavy (non-hydrogen) atoms. The molecule has 0 amide bonds. The molecule has 5 nitrogen and oxygen atoms in total. The van der Waals surface area contributed by atoms with Crippen LogP contribution in [0.1, 0.15) is 36.7 Å². The van der Waals surface area contributed by atoms with Gasteiger partial charge in [-0.15, -0.1) is 0 Å². The van der Waals surface area contributed by atoms with Crippen LogP contribution in [0.2, 0.25) is 10.0 Å². The Kier molecular flexibility index (Phi) is 8.86. The van der Waals surface area contributed by atoms with E-state index in [0.29, 0.717) is 39.8 Å². The molecule has 1 heterocycles. The summed E-state index contributed by atoms with van der Waals surface area (Å²) in [5.74, 6) is 1.38. The number of benzene rings is 3. The first-order valence-corrected chi connectivity index (χ1v) is 13.6. The van der Waals surface area contributed by atoms with E-state index in [1.807, 2.05) is 36.4 Å². The minimum atomic E-state index is -0.187. The Labute approximate surface area is 235 Å². The Morgan fingerprint density at radius 1 is 1.14 bits per heavy atom. The van der Waals surface area contributed by atoms with Crippen molar-refractivity contribution in [3.05, 3.63) is 100.0 Å². The van der Waals surface area contributed by atoms with Gasteiger partial charge in [0.1, 0.15) is 18.2 Å². The number of hydrogen-bond acceptors (Lipinski definition) is 4. The molecule has 0 radical (unpaired) electrons. The first-order valence-electron chi connectivity index (χ1n) is 11.0. The summed E-state index contributed by atoms with van der Waals surface area (Å²) in [6, 6.07) is 16.6. The Morgan fingerprint density at radius 2 is 1.97 bits per heavy atom. The highest BCUT2D eigenvalue weighted by atomic mass is 127. The lowest BCUT2D eigenvalue weighted by molar-refractivity contribution is 0.304. The van der Waals surface area contributed by atoms with Gasteiger partial charge in [-0.25, -0.2) is 4.98 Å². The Hall–Kier alpha value is -1.94. The van der Waals surface area contributed by atoms with Crippen molar-refractivity contribution in [3.8, 4) is 5.75 Å². The summed E-state index contributed by atoms with van der Waals surface area (Å²) in [7, 11) is 0. The SMILES string of the molecule is CCCCc1nc2ccc(Br)cc2c(=O)n1N=Cc1ccc(OCc2ccc(Cl)cc2Cl)c(I)c1. The summed E-state index contributed by atoms with van der Waals surface area (Å²) < 4.78 is 9.10. The van der Waals surface area contributed by atoms with E-state index in [1.54, 1.807) is 24.4 Å². The van der Waals surface area contributed by atoms with Crippen LogP contribution in [0.4, 0.5) is 0 Å². The Balaban J connectivity index is 1.59. The maximum Gasteiger partial charge on any atom is 0.282 e. The van der Waals surface area contributed by atoms with Gasteiger partial charge in [0.25, 0.3) is 5.56 Å². The van der Waals surface area contributed by atoms with E-state index in [4.69, 9.17) is 32.9 Å². The molecule has 4 rings (SSSR count). The monoisotopic (exact) mass is 683 g/mol. The normalized spacial score (nSPS) is 11.5. The number of nitrogens with zero attached hydrogens (tertiary/aromatic N) is 3. The zero-order valence-electron chi connectivity index (χ0n) is 18.8. The van der Waals surface area contributed by atoms with Crippen LogP contribution in [0.3, 0.4) is 0 Å². The number of fused-ring (bicyclic) bond motifs is 1. The highest BCUT2D eigenvalue weighted by Gasteiger charge is 2.11. The second-order valence-electron chi connectivity index (χ2n) is 7.87. The summed E-state index contributed by atoms with van der Waals surface area (Å²) in [5.41, 5.74) is 2.18. The molecule has 180 valence electrons. The van der Waals surface area contributed by atoms with Crippen LogP contribution in [0, 0.1) is 3.57 Å². The number of unbranched alkanes of at least 4 members (excludes halogenated alkanes) is 1. The third kappa shape index (κ3) is 6.44. The van der Waals surface area contributed by atoms with E-state index >= 15 is 0 Å².